The van der Waals surface area contributed by atoms with E-state index in [9.17, 15) is 4.79 Å². The minimum atomic E-state index is -0.554. The molecule has 0 aliphatic carbocycles. The van der Waals surface area contributed by atoms with Crippen molar-refractivity contribution >= 4 is 28.3 Å². The molecule has 1 heterocycles. The Bertz CT molecular complexity index is 413. The van der Waals surface area contributed by atoms with Gasteiger partial charge in [0.05, 0.1) is 0 Å². The summed E-state index contributed by atoms with van der Waals surface area (Å²) in [6, 6.07) is 0. The minimum Gasteiger partial charge on any atom is -0.382 e. The molecule has 1 rings (SSSR count). The fourth-order valence-electron chi connectivity index (χ4n) is 1.12. The van der Waals surface area contributed by atoms with Crippen molar-refractivity contribution in [1.82, 2.24) is 9.27 Å². The quantitative estimate of drug-likeness (QED) is 0.716. The van der Waals surface area contributed by atoms with E-state index in [4.69, 9.17) is 11.5 Å². The van der Waals surface area contributed by atoms with Crippen LogP contribution in [0, 0.1) is 0 Å². The van der Waals surface area contributed by atoms with Crippen molar-refractivity contribution in [3.8, 4) is 0 Å². The summed E-state index contributed by atoms with van der Waals surface area (Å²) < 4.78 is 3.93. The van der Waals surface area contributed by atoms with E-state index in [0.29, 0.717) is 11.5 Å². The highest BCUT2D eigenvalue weighted by atomic mass is 32.1. The van der Waals surface area contributed by atoms with Gasteiger partial charge in [-0.05, 0) is 39.5 Å². The fourth-order valence-corrected chi connectivity index (χ4v) is 1.83. The van der Waals surface area contributed by atoms with Gasteiger partial charge in [-0.15, -0.1) is 0 Å². The van der Waals surface area contributed by atoms with E-state index >= 15 is 0 Å². The predicted octanol–water partition coefficient (Wildman–Crippen LogP) is 0.576. The summed E-state index contributed by atoms with van der Waals surface area (Å²) in [5.74, 6) is -0.367. The molecule has 0 unspecified atom stereocenters. The molecule has 1 aromatic rings. The monoisotopic (exact) mass is 257 g/mol. The molecular weight excluding hydrogens is 238 g/mol. The molecule has 1 amide bonds. The molecule has 0 aliphatic rings. The number of nitrogens with zero attached hydrogens (tertiary/aromatic N) is 2. The Morgan fingerprint density at radius 2 is 2.12 bits per heavy atom. The lowest BCUT2D eigenvalue weighted by atomic mass is 10.0. The van der Waals surface area contributed by atoms with E-state index in [2.05, 4.69) is 28.4 Å². The zero-order valence-electron chi connectivity index (χ0n) is 10.6. The number of primary amides is 1. The SMILES string of the molecule is CN(C)C(C)(C)CNc1snc(N)c1C(N)=O. The van der Waals surface area contributed by atoms with Gasteiger partial charge in [0.15, 0.2) is 5.82 Å². The van der Waals surface area contributed by atoms with Gasteiger partial charge in [0.2, 0.25) is 0 Å². The van der Waals surface area contributed by atoms with Gasteiger partial charge in [0.1, 0.15) is 10.6 Å². The van der Waals surface area contributed by atoms with E-state index in [1.807, 2.05) is 14.1 Å². The predicted molar refractivity (Wildman–Crippen MR) is 71.3 cm³/mol. The summed E-state index contributed by atoms with van der Waals surface area (Å²) in [6.45, 7) is 4.85. The average molecular weight is 257 g/mol. The van der Waals surface area contributed by atoms with Crippen molar-refractivity contribution in [1.29, 1.82) is 0 Å². The molecule has 0 saturated carbocycles. The van der Waals surface area contributed by atoms with Crippen LogP contribution in [0.25, 0.3) is 0 Å². The Hall–Kier alpha value is -1.34. The van der Waals surface area contributed by atoms with E-state index in [1.165, 1.54) is 0 Å². The second-order valence-corrected chi connectivity index (χ2v) is 5.47. The molecule has 6 nitrogen and oxygen atoms in total. The highest BCUT2D eigenvalue weighted by molar-refractivity contribution is 7.11. The number of nitrogens with one attached hydrogen (secondary N) is 1. The number of likely N-dealkylation sites (N-methyl/N-ethyl adjacent to an activating group) is 1. The molecule has 7 heteroatoms. The summed E-state index contributed by atoms with van der Waals surface area (Å²) in [6.07, 6.45) is 0. The third kappa shape index (κ3) is 3.07. The number of hydrogen-bond donors (Lipinski definition) is 3. The zero-order chi connectivity index (χ0) is 13.2. The molecule has 96 valence electrons. The maximum absolute atomic E-state index is 11.2. The van der Waals surface area contributed by atoms with Crippen LogP contribution in [0.1, 0.15) is 24.2 Å². The number of rotatable bonds is 5. The Kier molecular flexibility index (Phi) is 3.94. The standard InChI is InChI=1S/C10H19N5OS/c1-10(2,15(3)4)5-13-9-6(8(12)16)7(11)14-17-9/h13H,5H2,1-4H3,(H2,11,14)(H2,12,16). The minimum absolute atomic E-state index is 0.0479. The van der Waals surface area contributed by atoms with Crippen molar-refractivity contribution in [2.45, 2.75) is 19.4 Å². The molecule has 0 saturated heterocycles. The normalized spacial score (nSPS) is 11.8. The number of hydrogen-bond acceptors (Lipinski definition) is 6. The lowest BCUT2D eigenvalue weighted by molar-refractivity contribution is 0.100. The average Bonchev–Trinajstić information content (AvgIpc) is 2.56. The van der Waals surface area contributed by atoms with Gasteiger partial charge in [0, 0.05) is 12.1 Å². The fraction of sp³-hybridized carbons (Fsp3) is 0.600. The van der Waals surface area contributed by atoms with Crippen LogP contribution in [0.2, 0.25) is 0 Å². The molecule has 0 bridgehead atoms. The van der Waals surface area contributed by atoms with Gasteiger partial charge in [-0.25, -0.2) is 0 Å². The molecule has 0 fully saturated rings. The van der Waals surface area contributed by atoms with Crippen molar-refractivity contribution in [3.05, 3.63) is 5.56 Å². The van der Waals surface area contributed by atoms with Gasteiger partial charge < -0.3 is 21.7 Å². The smallest absolute Gasteiger partial charge is 0.255 e. The molecule has 0 atom stereocenters. The van der Waals surface area contributed by atoms with Crippen molar-refractivity contribution in [2.24, 2.45) is 5.73 Å². The molecule has 1 aromatic heterocycles. The summed E-state index contributed by atoms with van der Waals surface area (Å²) in [7, 11) is 4.00. The lowest BCUT2D eigenvalue weighted by Gasteiger charge is -2.32. The van der Waals surface area contributed by atoms with Gasteiger partial charge >= 0.3 is 0 Å². The van der Waals surface area contributed by atoms with Crippen LogP contribution in [-0.4, -0.2) is 41.4 Å². The van der Waals surface area contributed by atoms with E-state index < -0.39 is 5.91 Å². The number of anilines is 2. The first-order valence-corrected chi connectivity index (χ1v) is 5.99. The van der Waals surface area contributed by atoms with Crippen LogP contribution in [0.3, 0.4) is 0 Å². The molecule has 0 aromatic carbocycles. The van der Waals surface area contributed by atoms with Gasteiger partial charge in [-0.1, -0.05) is 0 Å². The second kappa shape index (κ2) is 4.89. The van der Waals surface area contributed by atoms with E-state index in [-0.39, 0.29) is 16.9 Å². The maximum atomic E-state index is 11.2. The second-order valence-electron chi connectivity index (χ2n) is 4.70. The van der Waals surface area contributed by atoms with Gasteiger partial charge in [-0.2, -0.15) is 4.37 Å². The number of nitrogens with two attached hydrogens (primary N) is 2. The third-order valence-electron chi connectivity index (χ3n) is 2.86. The van der Waals surface area contributed by atoms with E-state index in [0.717, 1.165) is 11.5 Å². The molecule has 0 radical (unpaired) electrons. The van der Waals surface area contributed by atoms with Crippen LogP contribution >= 0.6 is 11.5 Å². The van der Waals surface area contributed by atoms with Crippen molar-refractivity contribution in [3.63, 3.8) is 0 Å². The first-order valence-electron chi connectivity index (χ1n) is 5.22. The summed E-state index contributed by atoms with van der Waals surface area (Å²) in [5, 5.41) is 3.80. The highest BCUT2D eigenvalue weighted by Gasteiger charge is 2.23. The molecular formula is C10H19N5OS. The first-order chi connectivity index (χ1) is 7.75. The summed E-state index contributed by atoms with van der Waals surface area (Å²) >= 11 is 1.15. The maximum Gasteiger partial charge on any atom is 0.255 e. The number of carbonyl (C=O) groups excluding carboxylic acids is 1. The van der Waals surface area contributed by atoms with Crippen LogP contribution in [0.4, 0.5) is 10.8 Å². The van der Waals surface area contributed by atoms with Crippen LogP contribution in [0.5, 0.6) is 0 Å². The molecule has 0 spiro atoms. The van der Waals surface area contributed by atoms with Crippen molar-refractivity contribution in [2.75, 3.05) is 31.7 Å². The lowest BCUT2D eigenvalue weighted by Crippen LogP contribution is -2.44. The molecule has 0 aliphatic heterocycles. The Morgan fingerprint density at radius 1 is 1.53 bits per heavy atom. The largest absolute Gasteiger partial charge is 0.382 e. The number of nitrogen functional groups attached to an aromatic ring is 1. The van der Waals surface area contributed by atoms with Crippen molar-refractivity contribution < 1.29 is 4.79 Å². The zero-order valence-corrected chi connectivity index (χ0v) is 11.4. The number of aromatic nitrogens is 1. The molecule has 17 heavy (non-hydrogen) atoms. The highest BCUT2D eigenvalue weighted by Crippen LogP contribution is 2.26. The third-order valence-corrected chi connectivity index (χ3v) is 3.68. The summed E-state index contributed by atoms with van der Waals surface area (Å²) in [5.41, 5.74) is 11.1. The Labute approximate surface area is 105 Å². The molecule has 5 N–H and O–H groups in total. The van der Waals surface area contributed by atoms with Gasteiger partial charge in [-0.3, -0.25) is 4.79 Å². The Balaban J connectivity index is 2.80. The van der Waals surface area contributed by atoms with Crippen LogP contribution in [0.15, 0.2) is 0 Å². The Morgan fingerprint density at radius 3 is 2.59 bits per heavy atom. The number of carbonyl (C=O) groups is 1. The van der Waals surface area contributed by atoms with E-state index in [1.54, 1.807) is 0 Å². The topological polar surface area (TPSA) is 97.3 Å². The van der Waals surface area contributed by atoms with Crippen LogP contribution in [-0.2, 0) is 0 Å². The number of amides is 1. The first kappa shape index (κ1) is 13.7. The van der Waals surface area contributed by atoms with Gasteiger partial charge in [0.25, 0.3) is 5.91 Å². The summed E-state index contributed by atoms with van der Waals surface area (Å²) in [4.78, 5) is 13.3. The van der Waals surface area contributed by atoms with Crippen LogP contribution < -0.4 is 16.8 Å².